The lowest BCUT2D eigenvalue weighted by Gasteiger charge is -2.11. The Hall–Kier alpha value is -1.88. The van der Waals surface area contributed by atoms with E-state index in [0.29, 0.717) is 48.8 Å². The van der Waals surface area contributed by atoms with E-state index in [4.69, 9.17) is 16.1 Å². The van der Waals surface area contributed by atoms with Gasteiger partial charge in [-0.3, -0.25) is 9.79 Å². The van der Waals surface area contributed by atoms with Gasteiger partial charge in [-0.15, -0.1) is 24.0 Å². The third-order valence-corrected chi connectivity index (χ3v) is 4.39. The smallest absolute Gasteiger partial charge is 0.228 e. The van der Waals surface area contributed by atoms with E-state index in [1.54, 1.807) is 12.1 Å². The standard InChI is InChI=1S/C19H25ClN6O2.HI/c1-2-21-19(24-11-10-22-18(27)13-6-7-13)23-9-8-16-25-17(26-28-16)14-4-3-5-15(20)12-14;/h3-5,12-13H,2,6-11H2,1H3,(H,22,27)(H2,21,23,24);1H. The molecule has 0 unspecified atom stereocenters. The molecular weight excluding hydrogens is 507 g/mol. The molecular formula is C19H26ClIN6O2. The quantitative estimate of drug-likeness (QED) is 0.199. The van der Waals surface area contributed by atoms with Crippen molar-refractivity contribution >= 4 is 47.4 Å². The van der Waals surface area contributed by atoms with Crippen molar-refractivity contribution in [1.29, 1.82) is 0 Å². The van der Waals surface area contributed by atoms with Crippen LogP contribution in [-0.2, 0) is 11.2 Å². The Bertz CT molecular complexity index is 825. The molecule has 10 heteroatoms. The summed E-state index contributed by atoms with van der Waals surface area (Å²) in [5.74, 6) is 2.10. The van der Waals surface area contributed by atoms with Gasteiger partial charge in [0.25, 0.3) is 0 Å². The van der Waals surface area contributed by atoms with Gasteiger partial charge in [0.05, 0.1) is 6.54 Å². The third-order valence-electron chi connectivity index (χ3n) is 4.16. The van der Waals surface area contributed by atoms with Gasteiger partial charge in [0.15, 0.2) is 5.96 Å². The fraction of sp³-hybridized carbons (Fsp3) is 0.474. The molecule has 1 aliphatic carbocycles. The topological polar surface area (TPSA) is 104 Å². The van der Waals surface area contributed by atoms with Crippen molar-refractivity contribution in [3.8, 4) is 11.4 Å². The molecule has 3 rings (SSSR count). The van der Waals surface area contributed by atoms with Crippen LogP contribution >= 0.6 is 35.6 Å². The number of rotatable bonds is 9. The maximum Gasteiger partial charge on any atom is 0.228 e. The number of aromatic nitrogens is 2. The van der Waals surface area contributed by atoms with Crippen LogP contribution in [-0.4, -0.2) is 48.2 Å². The second kappa shape index (κ2) is 12.0. The molecule has 0 radical (unpaired) electrons. The maximum absolute atomic E-state index is 11.6. The highest BCUT2D eigenvalue weighted by Gasteiger charge is 2.28. The van der Waals surface area contributed by atoms with Gasteiger partial charge in [-0.05, 0) is 31.9 Å². The molecule has 8 nitrogen and oxygen atoms in total. The number of nitrogens with zero attached hydrogens (tertiary/aromatic N) is 3. The summed E-state index contributed by atoms with van der Waals surface area (Å²) >= 11 is 6.00. The van der Waals surface area contributed by atoms with E-state index >= 15 is 0 Å². The average molecular weight is 533 g/mol. The van der Waals surface area contributed by atoms with Crippen LogP contribution in [0.3, 0.4) is 0 Å². The molecule has 0 saturated heterocycles. The third kappa shape index (κ3) is 7.81. The fourth-order valence-corrected chi connectivity index (χ4v) is 2.75. The Labute approximate surface area is 192 Å². The molecule has 1 aromatic heterocycles. The molecule has 29 heavy (non-hydrogen) atoms. The van der Waals surface area contributed by atoms with Gasteiger partial charge in [-0.1, -0.05) is 28.9 Å². The summed E-state index contributed by atoms with van der Waals surface area (Å²) in [5.41, 5.74) is 0.814. The molecule has 1 aromatic carbocycles. The highest BCUT2D eigenvalue weighted by molar-refractivity contribution is 14.0. The summed E-state index contributed by atoms with van der Waals surface area (Å²) in [5, 5.41) is 13.9. The minimum absolute atomic E-state index is 0. The zero-order valence-corrected chi connectivity index (χ0v) is 19.4. The predicted molar refractivity (Wildman–Crippen MR) is 124 cm³/mol. The molecule has 0 aliphatic heterocycles. The number of carbonyl (C=O) groups is 1. The van der Waals surface area contributed by atoms with E-state index in [9.17, 15) is 4.79 Å². The first-order chi connectivity index (χ1) is 13.7. The molecule has 1 fully saturated rings. The highest BCUT2D eigenvalue weighted by atomic mass is 127. The van der Waals surface area contributed by atoms with Gasteiger partial charge in [0, 0.05) is 42.6 Å². The van der Waals surface area contributed by atoms with Gasteiger partial charge in [-0.2, -0.15) is 4.98 Å². The number of carbonyl (C=O) groups excluding carboxylic acids is 1. The van der Waals surface area contributed by atoms with E-state index in [2.05, 4.69) is 31.1 Å². The van der Waals surface area contributed by atoms with Crippen molar-refractivity contribution in [3.63, 3.8) is 0 Å². The lowest BCUT2D eigenvalue weighted by atomic mass is 10.2. The van der Waals surface area contributed by atoms with E-state index in [-0.39, 0.29) is 35.8 Å². The molecule has 2 aromatic rings. The van der Waals surface area contributed by atoms with E-state index < -0.39 is 0 Å². The second-order valence-corrected chi connectivity index (χ2v) is 6.96. The zero-order valence-electron chi connectivity index (χ0n) is 16.3. The number of nitrogens with one attached hydrogen (secondary N) is 3. The van der Waals surface area contributed by atoms with Crippen molar-refractivity contribution in [2.45, 2.75) is 26.2 Å². The monoisotopic (exact) mass is 532 g/mol. The molecule has 0 atom stereocenters. The molecule has 158 valence electrons. The SMILES string of the molecule is CCNC(=NCCc1nc(-c2cccc(Cl)c2)no1)NCCNC(=O)C1CC1.I. The van der Waals surface area contributed by atoms with Gasteiger partial charge in [-0.25, -0.2) is 0 Å². The van der Waals surface area contributed by atoms with E-state index in [0.717, 1.165) is 24.9 Å². The maximum atomic E-state index is 11.6. The number of halogens is 2. The van der Waals surface area contributed by atoms with E-state index in [1.165, 1.54) is 0 Å². The van der Waals surface area contributed by atoms with Gasteiger partial charge in [0.2, 0.25) is 17.6 Å². The number of guanidine groups is 1. The Morgan fingerprint density at radius 3 is 2.79 bits per heavy atom. The van der Waals surface area contributed by atoms with Crippen molar-refractivity contribution in [2.75, 3.05) is 26.2 Å². The minimum atomic E-state index is 0. The Morgan fingerprint density at radius 1 is 1.28 bits per heavy atom. The Kier molecular flexibility index (Phi) is 9.65. The van der Waals surface area contributed by atoms with Crippen LogP contribution in [0.2, 0.25) is 5.02 Å². The predicted octanol–water partition coefficient (Wildman–Crippen LogP) is 2.63. The molecule has 0 bridgehead atoms. The van der Waals surface area contributed by atoms with Gasteiger partial charge < -0.3 is 20.5 Å². The van der Waals surface area contributed by atoms with Crippen molar-refractivity contribution < 1.29 is 9.32 Å². The largest absolute Gasteiger partial charge is 0.357 e. The second-order valence-electron chi connectivity index (χ2n) is 6.52. The molecule has 1 aliphatic rings. The highest BCUT2D eigenvalue weighted by Crippen LogP contribution is 2.28. The lowest BCUT2D eigenvalue weighted by molar-refractivity contribution is -0.122. The van der Waals surface area contributed by atoms with Crippen LogP contribution in [0.4, 0.5) is 0 Å². The summed E-state index contributed by atoms with van der Waals surface area (Å²) in [6.07, 6.45) is 2.55. The average Bonchev–Trinajstić information content (AvgIpc) is 3.44. The number of aliphatic imine (C=N–C) groups is 1. The van der Waals surface area contributed by atoms with Crippen LogP contribution in [0.1, 0.15) is 25.7 Å². The molecule has 1 saturated carbocycles. The normalized spacial score (nSPS) is 13.5. The van der Waals surface area contributed by atoms with Crippen LogP contribution in [0.25, 0.3) is 11.4 Å². The first-order valence-electron chi connectivity index (χ1n) is 9.54. The summed E-state index contributed by atoms with van der Waals surface area (Å²) < 4.78 is 5.29. The molecule has 3 N–H and O–H groups in total. The van der Waals surface area contributed by atoms with Gasteiger partial charge >= 0.3 is 0 Å². The number of benzene rings is 1. The molecule has 1 heterocycles. The fourth-order valence-electron chi connectivity index (χ4n) is 2.56. The first-order valence-corrected chi connectivity index (χ1v) is 9.92. The number of hydrogen-bond donors (Lipinski definition) is 3. The Morgan fingerprint density at radius 2 is 2.07 bits per heavy atom. The number of hydrogen-bond acceptors (Lipinski definition) is 5. The first kappa shape index (κ1) is 23.4. The van der Waals surface area contributed by atoms with Crippen molar-refractivity contribution in [1.82, 2.24) is 26.1 Å². The molecule has 0 spiro atoms. The van der Waals surface area contributed by atoms with Crippen molar-refractivity contribution in [3.05, 3.63) is 35.2 Å². The summed E-state index contributed by atoms with van der Waals surface area (Å²) in [6, 6.07) is 7.32. The lowest BCUT2D eigenvalue weighted by Crippen LogP contribution is -2.41. The zero-order chi connectivity index (χ0) is 19.8. The van der Waals surface area contributed by atoms with Crippen molar-refractivity contribution in [2.24, 2.45) is 10.9 Å². The van der Waals surface area contributed by atoms with E-state index in [1.807, 2.05) is 19.1 Å². The minimum Gasteiger partial charge on any atom is -0.357 e. The van der Waals surface area contributed by atoms with Crippen LogP contribution in [0.15, 0.2) is 33.8 Å². The van der Waals surface area contributed by atoms with Crippen LogP contribution in [0, 0.1) is 5.92 Å². The number of amides is 1. The summed E-state index contributed by atoms with van der Waals surface area (Å²) in [6.45, 7) is 4.44. The Balaban J connectivity index is 0.00000300. The van der Waals surface area contributed by atoms with Gasteiger partial charge in [0.1, 0.15) is 0 Å². The summed E-state index contributed by atoms with van der Waals surface area (Å²) in [7, 11) is 0. The van der Waals surface area contributed by atoms with Crippen LogP contribution < -0.4 is 16.0 Å². The molecule has 1 amide bonds. The van der Waals surface area contributed by atoms with Crippen LogP contribution in [0.5, 0.6) is 0 Å². The summed E-state index contributed by atoms with van der Waals surface area (Å²) in [4.78, 5) is 20.5.